The molecule has 0 aliphatic rings. The van der Waals surface area contributed by atoms with Crippen LogP contribution in [0.1, 0.15) is 16.7 Å². The van der Waals surface area contributed by atoms with Gasteiger partial charge in [-0.1, -0.05) is 35.9 Å². The second-order valence-corrected chi connectivity index (χ2v) is 6.94. The van der Waals surface area contributed by atoms with Crippen molar-refractivity contribution in [3.8, 4) is 5.75 Å². The van der Waals surface area contributed by atoms with Crippen molar-refractivity contribution < 1.29 is 4.74 Å². The van der Waals surface area contributed by atoms with E-state index in [2.05, 4.69) is 44.4 Å². The summed E-state index contributed by atoms with van der Waals surface area (Å²) < 4.78 is 6.82. The molecule has 0 amide bonds. The minimum absolute atomic E-state index is 0.508. The van der Waals surface area contributed by atoms with Gasteiger partial charge in [-0.15, -0.1) is 0 Å². The normalized spacial score (nSPS) is 10.6. The molecule has 0 fully saturated rings. The molecule has 25 heavy (non-hydrogen) atoms. The lowest BCUT2D eigenvalue weighted by Gasteiger charge is -2.11. The van der Waals surface area contributed by atoms with Crippen LogP contribution in [-0.4, -0.2) is 4.98 Å². The van der Waals surface area contributed by atoms with Gasteiger partial charge in [-0.25, -0.2) is 0 Å². The summed E-state index contributed by atoms with van der Waals surface area (Å²) in [7, 11) is 0. The zero-order chi connectivity index (χ0) is 17.5. The lowest BCUT2D eigenvalue weighted by Crippen LogP contribution is -2.12. The smallest absolute Gasteiger partial charge is 0.134 e. The van der Waals surface area contributed by atoms with E-state index < -0.39 is 0 Å². The zero-order valence-electron chi connectivity index (χ0n) is 13.6. The Labute approximate surface area is 161 Å². The van der Waals surface area contributed by atoms with Crippen molar-refractivity contribution in [2.45, 2.75) is 19.7 Å². The first kappa shape index (κ1) is 17.9. The summed E-state index contributed by atoms with van der Waals surface area (Å²) in [6, 6.07) is 17.8. The molecule has 1 aromatic heterocycles. The molecule has 0 bridgehead atoms. The van der Waals surface area contributed by atoms with Gasteiger partial charge in [0.25, 0.3) is 0 Å². The molecule has 0 saturated heterocycles. The Balaban J connectivity index is 1.52. The quantitative estimate of drug-likeness (QED) is 0.561. The maximum Gasteiger partial charge on any atom is 0.134 e. The van der Waals surface area contributed by atoms with Gasteiger partial charge in [0.1, 0.15) is 12.4 Å². The number of rotatable bonds is 7. The summed E-state index contributed by atoms with van der Waals surface area (Å²) in [6.07, 6.45) is 3.65. The van der Waals surface area contributed by atoms with E-state index in [0.717, 1.165) is 33.9 Å². The lowest BCUT2D eigenvalue weighted by atomic mass is 10.2. The molecule has 1 N–H and O–H groups in total. The summed E-state index contributed by atoms with van der Waals surface area (Å²) in [6.45, 7) is 2.08. The predicted molar refractivity (Wildman–Crippen MR) is 105 cm³/mol. The van der Waals surface area contributed by atoms with Crippen molar-refractivity contribution in [1.82, 2.24) is 10.3 Å². The van der Waals surface area contributed by atoms with Crippen LogP contribution in [0.3, 0.4) is 0 Å². The van der Waals surface area contributed by atoms with Crippen molar-refractivity contribution in [1.29, 1.82) is 0 Å². The average molecular weight is 418 g/mol. The Morgan fingerprint density at radius 2 is 1.72 bits per heavy atom. The van der Waals surface area contributed by atoms with E-state index in [0.29, 0.717) is 6.61 Å². The predicted octanol–water partition coefficient (Wildman–Crippen LogP) is 5.37. The van der Waals surface area contributed by atoms with Gasteiger partial charge in [-0.2, -0.15) is 0 Å². The minimum atomic E-state index is 0.508. The number of hydrogen-bond acceptors (Lipinski definition) is 3. The molecule has 0 spiro atoms. The van der Waals surface area contributed by atoms with Crippen LogP contribution in [0.2, 0.25) is 5.02 Å². The average Bonchev–Trinajstić information content (AvgIpc) is 2.63. The van der Waals surface area contributed by atoms with Crippen molar-refractivity contribution in [2.24, 2.45) is 0 Å². The highest BCUT2D eigenvalue weighted by atomic mass is 79.9. The topological polar surface area (TPSA) is 34.1 Å². The first-order valence-electron chi connectivity index (χ1n) is 7.96. The highest BCUT2D eigenvalue weighted by molar-refractivity contribution is 9.10. The zero-order valence-corrected chi connectivity index (χ0v) is 15.9. The molecule has 3 rings (SSSR count). The summed E-state index contributed by atoms with van der Waals surface area (Å²) >= 11 is 9.48. The van der Waals surface area contributed by atoms with Gasteiger partial charge in [-0.05, 0) is 63.0 Å². The maximum absolute atomic E-state index is 5.89. The van der Waals surface area contributed by atoms with Crippen LogP contribution >= 0.6 is 27.5 Å². The van der Waals surface area contributed by atoms with Crippen LogP contribution in [0.5, 0.6) is 5.75 Å². The van der Waals surface area contributed by atoms with Crippen LogP contribution < -0.4 is 10.1 Å². The number of nitrogens with zero attached hydrogens (tertiary/aromatic N) is 1. The number of pyridine rings is 1. The molecular weight excluding hydrogens is 400 g/mol. The van der Waals surface area contributed by atoms with E-state index in [1.54, 1.807) is 6.20 Å². The molecule has 0 radical (unpaired) electrons. The van der Waals surface area contributed by atoms with Crippen molar-refractivity contribution in [2.75, 3.05) is 0 Å². The minimum Gasteiger partial charge on any atom is -0.488 e. The summed E-state index contributed by atoms with van der Waals surface area (Å²) in [5.41, 5.74) is 3.44. The third-order valence-corrected chi connectivity index (χ3v) is 4.56. The van der Waals surface area contributed by atoms with Crippen LogP contribution in [0.25, 0.3) is 0 Å². The van der Waals surface area contributed by atoms with Crippen LogP contribution in [-0.2, 0) is 19.7 Å². The van der Waals surface area contributed by atoms with E-state index in [1.165, 1.54) is 11.1 Å². The summed E-state index contributed by atoms with van der Waals surface area (Å²) in [5.74, 6) is 0.825. The van der Waals surface area contributed by atoms with E-state index >= 15 is 0 Å². The Hall–Kier alpha value is -1.88. The van der Waals surface area contributed by atoms with Gasteiger partial charge in [0, 0.05) is 30.5 Å². The highest BCUT2D eigenvalue weighted by Crippen LogP contribution is 2.27. The monoisotopic (exact) mass is 416 g/mol. The molecule has 0 unspecified atom stereocenters. The Bertz CT molecular complexity index is 810. The van der Waals surface area contributed by atoms with E-state index in [4.69, 9.17) is 16.3 Å². The number of nitrogens with one attached hydrogen (secondary N) is 1. The maximum atomic E-state index is 5.89. The lowest BCUT2D eigenvalue weighted by molar-refractivity contribution is 0.304. The molecule has 0 atom stereocenters. The molecule has 0 saturated carbocycles. The number of aromatic nitrogens is 1. The molecular formula is C20H18BrClN2O. The van der Waals surface area contributed by atoms with Gasteiger partial charge >= 0.3 is 0 Å². The van der Waals surface area contributed by atoms with Gasteiger partial charge in [0.2, 0.25) is 0 Å². The van der Waals surface area contributed by atoms with Crippen LogP contribution in [0.15, 0.2) is 71.5 Å². The second kappa shape index (κ2) is 8.99. The van der Waals surface area contributed by atoms with Crippen molar-refractivity contribution in [3.05, 3.63) is 93.2 Å². The third kappa shape index (κ3) is 5.56. The Kier molecular flexibility index (Phi) is 6.45. The standard InChI is InChI=1S/C20H18BrClN2O/c21-19-10-16(11-24-13-17-2-1-9-23-12-17)5-8-20(19)25-14-15-3-6-18(22)7-4-15/h1-10,12,24H,11,13-14H2. The van der Waals surface area contributed by atoms with Gasteiger partial charge in [0.15, 0.2) is 0 Å². The van der Waals surface area contributed by atoms with E-state index in [-0.39, 0.29) is 0 Å². The number of hydrogen-bond donors (Lipinski definition) is 1. The fraction of sp³-hybridized carbons (Fsp3) is 0.150. The fourth-order valence-corrected chi connectivity index (χ4v) is 3.03. The van der Waals surface area contributed by atoms with E-state index in [9.17, 15) is 0 Å². The molecule has 0 aliphatic carbocycles. The summed E-state index contributed by atoms with van der Waals surface area (Å²) in [5, 5.41) is 4.14. The van der Waals surface area contributed by atoms with Crippen molar-refractivity contribution >= 4 is 27.5 Å². The molecule has 3 aromatic rings. The Morgan fingerprint density at radius 3 is 2.44 bits per heavy atom. The van der Waals surface area contributed by atoms with Crippen molar-refractivity contribution in [3.63, 3.8) is 0 Å². The first-order valence-corrected chi connectivity index (χ1v) is 9.13. The molecule has 1 heterocycles. The molecule has 5 heteroatoms. The molecule has 3 nitrogen and oxygen atoms in total. The SMILES string of the molecule is Clc1ccc(COc2ccc(CNCc3cccnc3)cc2Br)cc1. The highest BCUT2D eigenvalue weighted by Gasteiger charge is 2.04. The third-order valence-electron chi connectivity index (χ3n) is 3.68. The van der Waals surface area contributed by atoms with Crippen LogP contribution in [0.4, 0.5) is 0 Å². The molecule has 0 aliphatic heterocycles. The van der Waals surface area contributed by atoms with Crippen LogP contribution in [0, 0.1) is 0 Å². The molecule has 2 aromatic carbocycles. The van der Waals surface area contributed by atoms with E-state index in [1.807, 2.05) is 42.6 Å². The Morgan fingerprint density at radius 1 is 0.960 bits per heavy atom. The molecule has 128 valence electrons. The number of halogens is 2. The van der Waals surface area contributed by atoms with Gasteiger partial charge in [0.05, 0.1) is 4.47 Å². The fourth-order valence-electron chi connectivity index (χ4n) is 2.37. The number of ether oxygens (including phenoxy) is 1. The second-order valence-electron chi connectivity index (χ2n) is 5.64. The van der Waals surface area contributed by atoms with Gasteiger partial charge in [-0.3, -0.25) is 4.98 Å². The largest absolute Gasteiger partial charge is 0.488 e. The number of benzene rings is 2. The summed E-state index contributed by atoms with van der Waals surface area (Å²) in [4.78, 5) is 4.11. The van der Waals surface area contributed by atoms with Gasteiger partial charge < -0.3 is 10.1 Å². The first-order chi connectivity index (χ1) is 12.2.